The summed E-state index contributed by atoms with van der Waals surface area (Å²) in [7, 11) is -2.47. The fourth-order valence-corrected chi connectivity index (χ4v) is 1.47. The summed E-state index contributed by atoms with van der Waals surface area (Å²) in [6, 6.07) is 0.257. The molecule has 0 bridgehead atoms. The zero-order valence-corrected chi connectivity index (χ0v) is 9.91. The third-order valence-corrected chi connectivity index (χ3v) is 2.26. The smallest absolute Gasteiger partial charge is 0.147 e. The van der Waals surface area contributed by atoms with Crippen LogP contribution in [0.4, 0.5) is 5.82 Å². The number of hydrogen-bond donors (Lipinski definition) is 2. The summed E-state index contributed by atoms with van der Waals surface area (Å²) < 4.78 is 21.0. The van der Waals surface area contributed by atoms with Gasteiger partial charge in [-0.1, -0.05) is 0 Å². The Morgan fingerprint density at radius 2 is 2.13 bits per heavy atom. The molecule has 0 radical (unpaired) electrons. The van der Waals surface area contributed by atoms with E-state index in [9.17, 15) is 8.42 Å². The van der Waals surface area contributed by atoms with E-state index in [1.165, 1.54) is 0 Å². The summed E-state index contributed by atoms with van der Waals surface area (Å²) in [5.41, 5.74) is 0.911. The Morgan fingerprint density at radius 1 is 1.47 bits per heavy atom. The lowest BCUT2D eigenvalue weighted by Crippen LogP contribution is -2.13. The summed E-state index contributed by atoms with van der Waals surface area (Å²) in [6.45, 7) is 5.87. The summed E-state index contributed by atoms with van der Waals surface area (Å²) >= 11 is 0. The molecule has 0 saturated carbocycles. The van der Waals surface area contributed by atoms with Gasteiger partial charge in [-0.3, -0.25) is 0 Å². The van der Waals surface area contributed by atoms with Crippen LogP contribution < -0.4 is 5.32 Å². The predicted octanol–water partition coefficient (Wildman–Crippen LogP) is 0.717. The highest BCUT2D eigenvalue weighted by Crippen LogP contribution is 2.11. The van der Waals surface area contributed by atoms with E-state index < -0.39 is 10.7 Å². The molecule has 1 aromatic rings. The molecular weight excluding hydrogens is 214 g/mol. The van der Waals surface area contributed by atoms with Crippen molar-refractivity contribution in [1.82, 2.24) is 9.97 Å². The molecule has 0 aliphatic heterocycles. The van der Waals surface area contributed by atoms with Crippen LogP contribution in [0.5, 0.6) is 0 Å². The molecule has 1 heterocycles. The Hall–Kier alpha value is -1.17. The molecule has 0 aliphatic carbocycles. The number of hydrogen-bond acceptors (Lipinski definition) is 5. The molecular formula is C9H15N3O2S. The summed E-state index contributed by atoms with van der Waals surface area (Å²) in [5.74, 6) is 0.925. The van der Waals surface area contributed by atoms with Crippen LogP contribution in [0.15, 0.2) is 6.20 Å². The Kier molecular flexibility index (Phi) is 4.02. The zero-order valence-electron chi connectivity index (χ0n) is 9.02. The van der Waals surface area contributed by atoms with Crippen LogP contribution in [0.2, 0.25) is 0 Å². The average Bonchev–Trinajstić information content (AvgIpc) is 2.09. The van der Waals surface area contributed by atoms with E-state index in [0.717, 1.165) is 5.56 Å². The normalized spacial score (nSPS) is 11.0. The maximum atomic E-state index is 10.5. The van der Waals surface area contributed by atoms with Crippen molar-refractivity contribution in [2.75, 3.05) is 5.32 Å². The number of rotatable bonds is 4. The molecule has 0 amide bonds. The lowest BCUT2D eigenvalue weighted by atomic mass is 10.3. The van der Waals surface area contributed by atoms with Crippen LogP contribution in [-0.2, 0) is 16.5 Å². The van der Waals surface area contributed by atoms with Crippen LogP contribution in [0.25, 0.3) is 0 Å². The summed E-state index contributed by atoms with van der Waals surface area (Å²) in [6.07, 6.45) is 1.63. The minimum atomic E-state index is -2.47. The van der Waals surface area contributed by atoms with E-state index in [0.29, 0.717) is 11.6 Å². The van der Waals surface area contributed by atoms with E-state index >= 15 is 0 Å². The van der Waals surface area contributed by atoms with Gasteiger partial charge >= 0.3 is 0 Å². The molecule has 0 aliphatic rings. The molecule has 0 aromatic carbocycles. The Morgan fingerprint density at radius 3 is 2.67 bits per heavy atom. The third kappa shape index (κ3) is 3.83. The Balaban J connectivity index is 2.94. The fraction of sp³-hybridized carbons (Fsp3) is 0.556. The summed E-state index contributed by atoms with van der Waals surface area (Å²) in [4.78, 5) is 8.10. The van der Waals surface area contributed by atoms with Crippen LogP contribution in [0.1, 0.15) is 25.2 Å². The maximum absolute atomic E-state index is 10.5. The van der Waals surface area contributed by atoms with Crippen molar-refractivity contribution in [1.29, 1.82) is 0 Å². The van der Waals surface area contributed by atoms with E-state index in [1.54, 1.807) is 6.20 Å². The number of nitrogens with zero attached hydrogens (tertiary/aromatic N) is 2. The second-order valence-electron chi connectivity index (χ2n) is 3.61. The highest BCUT2D eigenvalue weighted by molar-refractivity contribution is 7.71. The SMILES string of the molecule is Cc1cnc(C[SH](=O)=O)nc1NC(C)C. The van der Waals surface area contributed by atoms with E-state index in [1.807, 2.05) is 20.8 Å². The van der Waals surface area contributed by atoms with Gasteiger partial charge in [-0.2, -0.15) is 0 Å². The number of aromatic nitrogens is 2. The zero-order chi connectivity index (χ0) is 11.4. The quantitative estimate of drug-likeness (QED) is 0.744. The highest BCUT2D eigenvalue weighted by Gasteiger charge is 2.05. The first kappa shape index (κ1) is 11.9. The van der Waals surface area contributed by atoms with Gasteiger partial charge in [0.25, 0.3) is 0 Å². The van der Waals surface area contributed by atoms with Gasteiger partial charge in [-0.15, -0.1) is 0 Å². The van der Waals surface area contributed by atoms with Crippen molar-refractivity contribution >= 4 is 16.5 Å². The molecule has 5 nitrogen and oxygen atoms in total. The molecule has 1 N–H and O–H groups in total. The van der Waals surface area contributed by atoms with Crippen LogP contribution in [0, 0.1) is 6.92 Å². The van der Waals surface area contributed by atoms with Gasteiger partial charge in [0.15, 0.2) is 0 Å². The van der Waals surface area contributed by atoms with E-state index in [2.05, 4.69) is 15.3 Å². The molecule has 84 valence electrons. The number of aryl methyl sites for hydroxylation is 1. The van der Waals surface area contributed by atoms with Gasteiger partial charge in [-0.25, -0.2) is 18.4 Å². The van der Waals surface area contributed by atoms with Crippen LogP contribution >= 0.6 is 0 Å². The standard InChI is InChI=1S/C9H15N3O2S/c1-6(2)11-9-7(3)4-10-8(12-9)5-15(13)14/h4,6,15H,5H2,1-3H3,(H,10,11,12). The first-order valence-corrected chi connectivity index (χ1v) is 6.06. The Bertz CT molecular complexity index is 408. The van der Waals surface area contributed by atoms with Crippen molar-refractivity contribution in [2.45, 2.75) is 32.6 Å². The van der Waals surface area contributed by atoms with Crippen molar-refractivity contribution in [2.24, 2.45) is 0 Å². The minimum Gasteiger partial charge on any atom is -0.368 e. The first-order chi connectivity index (χ1) is 6.99. The molecule has 6 heteroatoms. The fourth-order valence-electron chi connectivity index (χ4n) is 1.09. The molecule has 0 unspecified atom stereocenters. The van der Waals surface area contributed by atoms with Crippen LogP contribution in [0.3, 0.4) is 0 Å². The largest absolute Gasteiger partial charge is 0.368 e. The second kappa shape index (κ2) is 5.06. The van der Waals surface area contributed by atoms with Crippen molar-refractivity contribution < 1.29 is 8.42 Å². The minimum absolute atomic E-state index is 0.109. The third-order valence-electron chi connectivity index (χ3n) is 1.72. The lowest BCUT2D eigenvalue weighted by Gasteiger charge is -2.11. The predicted molar refractivity (Wildman–Crippen MR) is 59.5 cm³/mol. The van der Waals surface area contributed by atoms with E-state index in [4.69, 9.17) is 0 Å². The molecule has 0 saturated heterocycles. The maximum Gasteiger partial charge on any atom is 0.147 e. The van der Waals surface area contributed by atoms with Gasteiger partial charge in [0, 0.05) is 17.8 Å². The average molecular weight is 229 g/mol. The molecule has 15 heavy (non-hydrogen) atoms. The second-order valence-corrected chi connectivity index (χ2v) is 4.59. The molecule has 1 aromatic heterocycles. The van der Waals surface area contributed by atoms with Crippen molar-refractivity contribution in [3.8, 4) is 0 Å². The topological polar surface area (TPSA) is 72.0 Å². The van der Waals surface area contributed by atoms with Gasteiger partial charge in [0.2, 0.25) is 0 Å². The van der Waals surface area contributed by atoms with Crippen molar-refractivity contribution in [3.63, 3.8) is 0 Å². The summed E-state index contributed by atoms with van der Waals surface area (Å²) in [5, 5.41) is 3.14. The molecule has 1 rings (SSSR count). The van der Waals surface area contributed by atoms with Crippen LogP contribution in [-0.4, -0.2) is 24.4 Å². The van der Waals surface area contributed by atoms with Crippen molar-refractivity contribution in [3.05, 3.63) is 17.6 Å². The molecule has 0 spiro atoms. The number of thiol groups is 1. The molecule has 0 fully saturated rings. The lowest BCUT2D eigenvalue weighted by molar-refractivity contribution is 0.612. The number of nitrogens with one attached hydrogen (secondary N) is 1. The Labute approximate surface area is 90.9 Å². The van der Waals surface area contributed by atoms with Gasteiger partial charge in [-0.05, 0) is 20.8 Å². The first-order valence-electron chi connectivity index (χ1n) is 4.70. The highest BCUT2D eigenvalue weighted by atomic mass is 32.2. The molecule has 0 atom stereocenters. The van der Waals surface area contributed by atoms with Gasteiger partial charge in [0.1, 0.15) is 28.1 Å². The monoisotopic (exact) mass is 229 g/mol. The van der Waals surface area contributed by atoms with Gasteiger partial charge in [0.05, 0.1) is 0 Å². The van der Waals surface area contributed by atoms with Gasteiger partial charge < -0.3 is 5.32 Å². The number of anilines is 1. The van der Waals surface area contributed by atoms with E-state index in [-0.39, 0.29) is 11.8 Å².